The van der Waals surface area contributed by atoms with Gasteiger partial charge in [0.2, 0.25) is 0 Å². The van der Waals surface area contributed by atoms with Gasteiger partial charge in [0, 0.05) is 7.05 Å². The van der Waals surface area contributed by atoms with Gasteiger partial charge < -0.3 is 10.4 Å². The zero-order valence-corrected chi connectivity index (χ0v) is 12.2. The molecule has 0 aliphatic rings. The highest BCUT2D eigenvalue weighted by Gasteiger charge is 2.22. The lowest BCUT2D eigenvalue weighted by atomic mass is 10.2. The lowest BCUT2D eigenvalue weighted by Gasteiger charge is -2.13. The fraction of sp³-hybridized carbons (Fsp3) is 0.583. The summed E-state index contributed by atoms with van der Waals surface area (Å²) < 4.78 is 1.47. The molecule has 0 unspecified atom stereocenters. The highest BCUT2D eigenvalue weighted by atomic mass is 32.2. The first-order valence-corrected chi connectivity index (χ1v) is 7.44. The van der Waals surface area contributed by atoms with E-state index in [-0.39, 0.29) is 0 Å². The van der Waals surface area contributed by atoms with E-state index in [1.807, 2.05) is 13.2 Å². The molecule has 0 spiro atoms. The highest BCUT2D eigenvalue weighted by Crippen LogP contribution is 2.06. The molecule has 1 heterocycles. The van der Waals surface area contributed by atoms with Gasteiger partial charge >= 0.3 is 5.97 Å². The van der Waals surface area contributed by atoms with Crippen LogP contribution in [0, 0.1) is 0 Å². The van der Waals surface area contributed by atoms with E-state index in [1.54, 1.807) is 24.9 Å². The van der Waals surface area contributed by atoms with Crippen molar-refractivity contribution >= 4 is 23.6 Å². The second-order valence-electron chi connectivity index (χ2n) is 4.14. The van der Waals surface area contributed by atoms with Crippen LogP contribution in [-0.2, 0) is 18.3 Å². The van der Waals surface area contributed by atoms with Crippen LogP contribution >= 0.6 is 11.8 Å². The highest BCUT2D eigenvalue weighted by molar-refractivity contribution is 7.98. The Morgan fingerprint density at radius 2 is 2.26 bits per heavy atom. The third-order valence-corrected chi connectivity index (χ3v) is 3.38. The average Bonchev–Trinajstić information content (AvgIpc) is 2.75. The van der Waals surface area contributed by atoms with Crippen molar-refractivity contribution in [3.8, 4) is 0 Å². The smallest absolute Gasteiger partial charge is 0.326 e. The van der Waals surface area contributed by atoms with Crippen molar-refractivity contribution in [3.63, 3.8) is 0 Å². The molecular weight excluding hydrogens is 266 g/mol. The van der Waals surface area contributed by atoms with E-state index in [0.717, 1.165) is 12.1 Å². The lowest BCUT2D eigenvalue weighted by molar-refractivity contribution is -0.139. The first kappa shape index (κ1) is 15.6. The van der Waals surface area contributed by atoms with E-state index >= 15 is 0 Å². The quantitative estimate of drug-likeness (QED) is 0.778. The van der Waals surface area contributed by atoms with Crippen LogP contribution in [-0.4, -0.2) is 44.8 Å². The molecule has 7 heteroatoms. The summed E-state index contributed by atoms with van der Waals surface area (Å²) in [6, 6.07) is 0.822. The number of hydrogen-bond acceptors (Lipinski definition) is 4. The maximum atomic E-state index is 12.0. The first-order chi connectivity index (χ1) is 8.99. The van der Waals surface area contributed by atoms with Crippen molar-refractivity contribution in [2.75, 3.05) is 12.0 Å². The first-order valence-electron chi connectivity index (χ1n) is 6.05. The summed E-state index contributed by atoms with van der Waals surface area (Å²) in [7, 11) is 1.67. The van der Waals surface area contributed by atoms with E-state index in [9.17, 15) is 9.59 Å². The van der Waals surface area contributed by atoms with Crippen LogP contribution in [0.1, 0.15) is 29.5 Å². The number of nitrogens with one attached hydrogen (secondary N) is 1. The van der Waals surface area contributed by atoms with Gasteiger partial charge in [-0.15, -0.1) is 0 Å². The molecule has 19 heavy (non-hydrogen) atoms. The number of aromatic nitrogens is 2. The number of rotatable bonds is 7. The van der Waals surface area contributed by atoms with Gasteiger partial charge in [0.15, 0.2) is 0 Å². The zero-order chi connectivity index (χ0) is 14.4. The van der Waals surface area contributed by atoms with E-state index in [1.165, 1.54) is 4.68 Å². The van der Waals surface area contributed by atoms with E-state index < -0.39 is 17.9 Å². The van der Waals surface area contributed by atoms with Gasteiger partial charge in [-0.25, -0.2) is 4.79 Å². The molecule has 6 nitrogen and oxygen atoms in total. The largest absolute Gasteiger partial charge is 0.480 e. The van der Waals surface area contributed by atoms with Crippen LogP contribution in [0.15, 0.2) is 6.07 Å². The van der Waals surface area contributed by atoms with Gasteiger partial charge in [0.05, 0.1) is 5.69 Å². The van der Waals surface area contributed by atoms with Crippen LogP contribution in [0.25, 0.3) is 0 Å². The predicted octanol–water partition coefficient (Wildman–Crippen LogP) is 0.919. The normalized spacial score (nSPS) is 12.2. The number of aryl methyl sites for hydroxylation is 2. The Morgan fingerprint density at radius 3 is 2.74 bits per heavy atom. The van der Waals surface area contributed by atoms with Gasteiger partial charge in [0.25, 0.3) is 5.91 Å². The van der Waals surface area contributed by atoms with Crippen molar-refractivity contribution < 1.29 is 14.7 Å². The molecular formula is C12H19N3O3S. The molecule has 0 aliphatic carbocycles. The van der Waals surface area contributed by atoms with Crippen molar-refractivity contribution in [2.24, 2.45) is 7.05 Å². The molecule has 106 valence electrons. The SMILES string of the molecule is CCc1cc(C(=O)N[C@H](CCSC)C(=O)O)n(C)n1. The van der Waals surface area contributed by atoms with Crippen LogP contribution in [0.5, 0.6) is 0 Å². The summed E-state index contributed by atoms with van der Waals surface area (Å²) in [4.78, 5) is 23.1. The zero-order valence-electron chi connectivity index (χ0n) is 11.3. The number of thioether (sulfide) groups is 1. The Balaban J connectivity index is 2.75. The second-order valence-corrected chi connectivity index (χ2v) is 5.13. The monoisotopic (exact) mass is 285 g/mol. The predicted molar refractivity (Wildman–Crippen MR) is 74.5 cm³/mol. The van der Waals surface area contributed by atoms with E-state index in [0.29, 0.717) is 17.9 Å². The number of amides is 1. The molecule has 0 fully saturated rings. The molecule has 1 amide bonds. The van der Waals surface area contributed by atoms with Gasteiger partial charge in [-0.3, -0.25) is 9.48 Å². The number of nitrogens with zero attached hydrogens (tertiary/aromatic N) is 2. The minimum Gasteiger partial charge on any atom is -0.480 e. The molecule has 0 bridgehead atoms. The Bertz CT molecular complexity index is 459. The standard InChI is InChI=1S/C12H19N3O3S/c1-4-8-7-10(15(2)14-8)11(16)13-9(12(17)18)5-6-19-3/h7,9H,4-6H2,1-3H3,(H,13,16)(H,17,18)/t9-/m1/s1. The molecule has 1 aromatic heterocycles. The van der Waals surface area contributed by atoms with Crippen LogP contribution in [0.4, 0.5) is 0 Å². The van der Waals surface area contributed by atoms with Crippen LogP contribution < -0.4 is 5.32 Å². The number of carbonyl (C=O) groups excluding carboxylic acids is 1. The number of aliphatic carboxylic acids is 1. The topological polar surface area (TPSA) is 84.2 Å². The summed E-state index contributed by atoms with van der Waals surface area (Å²) in [6.07, 6.45) is 3.03. The Labute approximate surface area is 116 Å². The number of carboxylic acids is 1. The third-order valence-electron chi connectivity index (χ3n) is 2.74. The van der Waals surface area contributed by atoms with Crippen LogP contribution in [0.3, 0.4) is 0 Å². The Kier molecular flexibility index (Phi) is 5.88. The molecule has 0 aromatic carbocycles. The van der Waals surface area contributed by atoms with Crippen molar-refractivity contribution in [2.45, 2.75) is 25.8 Å². The van der Waals surface area contributed by atoms with Gasteiger partial charge in [-0.2, -0.15) is 16.9 Å². The number of hydrogen-bond donors (Lipinski definition) is 2. The maximum Gasteiger partial charge on any atom is 0.326 e. The molecule has 1 aromatic rings. The van der Waals surface area contributed by atoms with Gasteiger partial charge in [0.1, 0.15) is 11.7 Å². The third kappa shape index (κ3) is 4.27. The molecule has 1 atom stereocenters. The van der Waals surface area contributed by atoms with Crippen molar-refractivity contribution in [1.82, 2.24) is 15.1 Å². The number of carbonyl (C=O) groups is 2. The van der Waals surface area contributed by atoms with E-state index in [4.69, 9.17) is 5.11 Å². The Hall–Kier alpha value is -1.50. The lowest BCUT2D eigenvalue weighted by Crippen LogP contribution is -2.41. The second kappa shape index (κ2) is 7.18. The fourth-order valence-electron chi connectivity index (χ4n) is 1.64. The summed E-state index contributed by atoms with van der Waals surface area (Å²) in [5, 5.41) is 15.8. The summed E-state index contributed by atoms with van der Waals surface area (Å²) in [5.41, 5.74) is 1.19. The minimum atomic E-state index is -1.01. The van der Waals surface area contributed by atoms with E-state index in [2.05, 4.69) is 10.4 Å². The minimum absolute atomic E-state index is 0.382. The molecule has 0 saturated carbocycles. The maximum absolute atomic E-state index is 12.0. The average molecular weight is 285 g/mol. The van der Waals surface area contributed by atoms with Crippen LogP contribution in [0.2, 0.25) is 0 Å². The van der Waals surface area contributed by atoms with Crippen molar-refractivity contribution in [1.29, 1.82) is 0 Å². The molecule has 1 rings (SSSR count). The summed E-state index contributed by atoms with van der Waals surface area (Å²) in [6.45, 7) is 1.95. The molecule has 0 aliphatic heterocycles. The number of carboxylic acid groups (broad SMARTS) is 1. The fourth-order valence-corrected chi connectivity index (χ4v) is 2.11. The summed E-state index contributed by atoms with van der Waals surface area (Å²) in [5.74, 6) is -0.730. The molecule has 0 saturated heterocycles. The van der Waals surface area contributed by atoms with Gasteiger partial charge in [-0.1, -0.05) is 6.92 Å². The van der Waals surface area contributed by atoms with Crippen molar-refractivity contribution in [3.05, 3.63) is 17.5 Å². The van der Waals surface area contributed by atoms with Gasteiger partial charge in [-0.05, 0) is 30.9 Å². The molecule has 2 N–H and O–H groups in total. The summed E-state index contributed by atoms with van der Waals surface area (Å²) >= 11 is 1.55. The molecule has 0 radical (unpaired) electrons. The Morgan fingerprint density at radius 1 is 1.58 bits per heavy atom.